The zero-order chi connectivity index (χ0) is 13.0. The number of aliphatic hydroxyl groups is 1. The first kappa shape index (κ1) is 13.7. The van der Waals surface area contributed by atoms with Crippen LogP contribution in [-0.2, 0) is 9.53 Å². The van der Waals surface area contributed by atoms with Gasteiger partial charge in [-0.2, -0.15) is 0 Å². The molecule has 0 aromatic rings. The summed E-state index contributed by atoms with van der Waals surface area (Å²) in [6.07, 6.45) is 1.48. The number of rotatable bonds is 3. The molecule has 1 amide bonds. The molecule has 2 saturated heterocycles. The van der Waals surface area contributed by atoms with E-state index in [1.807, 2.05) is 4.90 Å². The number of nitrogens with one attached hydrogen (secondary N) is 2. The third-order valence-corrected chi connectivity index (χ3v) is 3.82. The lowest BCUT2D eigenvalue weighted by molar-refractivity contribution is -0.135. The van der Waals surface area contributed by atoms with Gasteiger partial charge in [0.25, 0.3) is 0 Å². The van der Waals surface area contributed by atoms with E-state index in [9.17, 15) is 9.90 Å². The number of hydrogen-bond acceptors (Lipinski definition) is 5. The molecule has 18 heavy (non-hydrogen) atoms. The van der Waals surface area contributed by atoms with Crippen molar-refractivity contribution in [3.05, 3.63) is 0 Å². The maximum absolute atomic E-state index is 11.8. The van der Waals surface area contributed by atoms with Crippen molar-refractivity contribution >= 4 is 5.91 Å². The minimum atomic E-state index is -0.672. The van der Waals surface area contributed by atoms with Crippen LogP contribution in [-0.4, -0.2) is 74.0 Å². The number of amides is 1. The number of carbonyl (C=O) groups is 1. The van der Waals surface area contributed by atoms with Crippen LogP contribution in [0.5, 0.6) is 0 Å². The second-order valence-electron chi connectivity index (χ2n) is 5.15. The second-order valence-corrected chi connectivity index (χ2v) is 5.15. The predicted octanol–water partition coefficient (Wildman–Crippen LogP) is -1.45. The quantitative estimate of drug-likeness (QED) is 0.577. The van der Waals surface area contributed by atoms with Gasteiger partial charge < -0.3 is 20.5 Å². The molecule has 2 rings (SSSR count). The Hall–Kier alpha value is -0.690. The summed E-state index contributed by atoms with van der Waals surface area (Å²) in [4.78, 5) is 13.8. The molecule has 6 heteroatoms. The van der Waals surface area contributed by atoms with Gasteiger partial charge in [0.15, 0.2) is 0 Å². The second kappa shape index (κ2) is 5.97. The summed E-state index contributed by atoms with van der Waals surface area (Å²) >= 11 is 0. The van der Waals surface area contributed by atoms with E-state index in [1.165, 1.54) is 0 Å². The summed E-state index contributed by atoms with van der Waals surface area (Å²) in [5.74, 6) is -0.0350. The first-order chi connectivity index (χ1) is 8.64. The zero-order valence-corrected chi connectivity index (χ0v) is 10.9. The first-order valence-electron chi connectivity index (χ1n) is 6.61. The summed E-state index contributed by atoms with van der Waals surface area (Å²) in [5, 5.41) is 16.4. The molecule has 1 atom stereocenters. The molecular weight excluding hydrogens is 234 g/mol. The Labute approximate surface area is 108 Å². The highest BCUT2D eigenvalue weighted by Crippen LogP contribution is 2.21. The molecule has 2 aliphatic heterocycles. The van der Waals surface area contributed by atoms with Gasteiger partial charge in [-0.3, -0.25) is 9.69 Å². The number of β-amino-alcohol motifs (C(OH)–C–C–N with tert-alkyl or cyclic N) is 1. The van der Waals surface area contributed by atoms with Crippen LogP contribution in [0.2, 0.25) is 0 Å². The number of ether oxygens (including phenoxy) is 1. The Kier molecular flexibility index (Phi) is 4.55. The van der Waals surface area contributed by atoms with Crippen molar-refractivity contribution < 1.29 is 14.6 Å². The molecular formula is C12H23N3O3. The number of likely N-dealkylation sites (N-methyl/N-ethyl adjacent to an activating group) is 1. The SMILES string of the molecule is CNC(=O)C1COCCN1CC1(O)CCNCC1. The molecule has 3 N–H and O–H groups in total. The van der Waals surface area contributed by atoms with Crippen molar-refractivity contribution in [2.24, 2.45) is 0 Å². The van der Waals surface area contributed by atoms with E-state index < -0.39 is 5.60 Å². The van der Waals surface area contributed by atoms with Gasteiger partial charge in [-0.1, -0.05) is 0 Å². The monoisotopic (exact) mass is 257 g/mol. The van der Waals surface area contributed by atoms with E-state index in [0.717, 1.165) is 25.9 Å². The van der Waals surface area contributed by atoms with Crippen molar-refractivity contribution in [3.63, 3.8) is 0 Å². The number of carbonyl (C=O) groups excluding carboxylic acids is 1. The van der Waals surface area contributed by atoms with Crippen molar-refractivity contribution in [1.82, 2.24) is 15.5 Å². The van der Waals surface area contributed by atoms with Crippen molar-refractivity contribution in [2.45, 2.75) is 24.5 Å². The fourth-order valence-corrected chi connectivity index (χ4v) is 2.66. The molecule has 0 bridgehead atoms. The van der Waals surface area contributed by atoms with E-state index in [4.69, 9.17) is 4.74 Å². The maximum Gasteiger partial charge on any atom is 0.239 e. The molecule has 1 unspecified atom stereocenters. The third kappa shape index (κ3) is 3.20. The summed E-state index contributed by atoms with van der Waals surface area (Å²) < 4.78 is 5.36. The molecule has 0 saturated carbocycles. The van der Waals surface area contributed by atoms with Crippen LogP contribution in [0.4, 0.5) is 0 Å². The topological polar surface area (TPSA) is 73.8 Å². The lowest BCUT2D eigenvalue weighted by Gasteiger charge is -2.41. The van der Waals surface area contributed by atoms with Crippen LogP contribution < -0.4 is 10.6 Å². The van der Waals surface area contributed by atoms with Crippen molar-refractivity contribution in [2.75, 3.05) is 46.4 Å². The summed E-state index contributed by atoms with van der Waals surface area (Å²) in [5.41, 5.74) is -0.672. The smallest absolute Gasteiger partial charge is 0.239 e. The lowest BCUT2D eigenvalue weighted by atomic mass is 9.91. The average molecular weight is 257 g/mol. The number of morpholine rings is 1. The van der Waals surface area contributed by atoms with Crippen LogP contribution in [0.25, 0.3) is 0 Å². The number of hydrogen-bond donors (Lipinski definition) is 3. The highest BCUT2D eigenvalue weighted by atomic mass is 16.5. The van der Waals surface area contributed by atoms with Gasteiger partial charge in [-0.15, -0.1) is 0 Å². The summed E-state index contributed by atoms with van der Waals surface area (Å²) in [6, 6.07) is -0.275. The first-order valence-corrected chi connectivity index (χ1v) is 6.61. The van der Waals surface area contributed by atoms with Crippen LogP contribution in [0.1, 0.15) is 12.8 Å². The molecule has 0 aromatic heterocycles. The van der Waals surface area contributed by atoms with Crippen LogP contribution in [0.3, 0.4) is 0 Å². The average Bonchev–Trinajstić information content (AvgIpc) is 2.39. The molecule has 0 aliphatic carbocycles. The van der Waals surface area contributed by atoms with Crippen LogP contribution in [0, 0.1) is 0 Å². The Morgan fingerprint density at radius 3 is 2.94 bits per heavy atom. The van der Waals surface area contributed by atoms with E-state index in [-0.39, 0.29) is 11.9 Å². The van der Waals surface area contributed by atoms with Gasteiger partial charge in [0.05, 0.1) is 18.8 Å². The molecule has 6 nitrogen and oxygen atoms in total. The van der Waals surface area contributed by atoms with Crippen LogP contribution in [0.15, 0.2) is 0 Å². The standard InChI is InChI=1S/C12H23N3O3/c1-13-11(16)10-8-18-7-6-15(10)9-12(17)2-4-14-5-3-12/h10,14,17H,2-9H2,1H3,(H,13,16). The van der Waals surface area contributed by atoms with Gasteiger partial charge >= 0.3 is 0 Å². The van der Waals surface area contributed by atoms with E-state index in [1.54, 1.807) is 7.05 Å². The molecule has 2 fully saturated rings. The molecule has 104 valence electrons. The number of nitrogens with zero attached hydrogens (tertiary/aromatic N) is 1. The minimum absolute atomic E-state index is 0.0350. The van der Waals surface area contributed by atoms with Gasteiger partial charge in [-0.25, -0.2) is 0 Å². The third-order valence-electron chi connectivity index (χ3n) is 3.82. The molecule has 2 heterocycles. The minimum Gasteiger partial charge on any atom is -0.388 e. The Balaban J connectivity index is 1.98. The number of piperidine rings is 1. The maximum atomic E-state index is 11.8. The lowest BCUT2D eigenvalue weighted by Crippen LogP contribution is -2.59. The van der Waals surface area contributed by atoms with E-state index in [0.29, 0.717) is 26.3 Å². The van der Waals surface area contributed by atoms with Crippen LogP contribution >= 0.6 is 0 Å². The Bertz CT molecular complexity index is 292. The largest absolute Gasteiger partial charge is 0.388 e. The van der Waals surface area contributed by atoms with Crippen molar-refractivity contribution in [1.29, 1.82) is 0 Å². The summed E-state index contributed by atoms with van der Waals surface area (Å²) in [6.45, 7) is 3.97. The van der Waals surface area contributed by atoms with E-state index in [2.05, 4.69) is 10.6 Å². The summed E-state index contributed by atoms with van der Waals surface area (Å²) in [7, 11) is 1.63. The predicted molar refractivity (Wildman–Crippen MR) is 67.3 cm³/mol. The van der Waals surface area contributed by atoms with Crippen molar-refractivity contribution in [3.8, 4) is 0 Å². The molecule has 2 aliphatic rings. The van der Waals surface area contributed by atoms with Gasteiger partial charge in [0.2, 0.25) is 5.91 Å². The normalized spacial score (nSPS) is 28.9. The Morgan fingerprint density at radius 2 is 2.28 bits per heavy atom. The Morgan fingerprint density at radius 1 is 1.56 bits per heavy atom. The highest BCUT2D eigenvalue weighted by Gasteiger charge is 2.37. The molecule has 0 radical (unpaired) electrons. The van der Waals surface area contributed by atoms with E-state index >= 15 is 0 Å². The molecule has 0 spiro atoms. The molecule has 0 aromatic carbocycles. The van der Waals surface area contributed by atoms with Gasteiger partial charge in [-0.05, 0) is 25.9 Å². The zero-order valence-electron chi connectivity index (χ0n) is 10.9. The highest BCUT2D eigenvalue weighted by molar-refractivity contribution is 5.81. The van der Waals surface area contributed by atoms with Gasteiger partial charge in [0.1, 0.15) is 6.04 Å². The fourth-order valence-electron chi connectivity index (χ4n) is 2.66. The van der Waals surface area contributed by atoms with Gasteiger partial charge in [0, 0.05) is 20.1 Å². The fraction of sp³-hybridized carbons (Fsp3) is 0.917.